The Labute approximate surface area is 235 Å². The van der Waals surface area contributed by atoms with Gasteiger partial charge in [0.05, 0.1) is 18.3 Å². The van der Waals surface area contributed by atoms with Crippen molar-refractivity contribution in [3.05, 3.63) is 77.4 Å². The van der Waals surface area contributed by atoms with Gasteiger partial charge in [0.2, 0.25) is 0 Å². The third-order valence-corrected chi connectivity index (χ3v) is 6.90. The van der Waals surface area contributed by atoms with Gasteiger partial charge < -0.3 is 28.8 Å². The number of benzene rings is 2. The molecule has 0 aromatic heterocycles. The van der Waals surface area contributed by atoms with Gasteiger partial charge in [0.25, 0.3) is 0 Å². The van der Waals surface area contributed by atoms with Crippen molar-refractivity contribution in [3.63, 3.8) is 0 Å². The molecule has 1 N–H and O–H groups in total. The van der Waals surface area contributed by atoms with Crippen molar-refractivity contribution in [3.8, 4) is 11.5 Å². The van der Waals surface area contributed by atoms with Crippen LogP contribution in [0.3, 0.4) is 0 Å². The molecule has 0 spiro atoms. The molecule has 1 saturated heterocycles. The van der Waals surface area contributed by atoms with E-state index < -0.39 is 42.1 Å². The molecule has 2 aromatic rings. The van der Waals surface area contributed by atoms with Gasteiger partial charge in [-0.1, -0.05) is 50.3 Å². The number of ether oxygens (including phenoxy) is 5. The molecule has 0 amide bonds. The standard InChI is InChI=1S/C32H38O8/c1-6-17-36-24-18-23-13-10-14-27-29(40-32(4,5)39-27)26(38-30(34)22-11-8-7-9-12-22)16-15-20(2)21(3)37-31(35)28(23)25(33)19-24/h7-13,15-16,18-21,26-27,29,33H,6,14,17H2,1-5H3/t20-,21+,26?,27+,29?/m1/s1. The minimum Gasteiger partial charge on any atom is -0.507 e. The molecular formula is C32H38O8. The fraction of sp³-hybridized carbons (Fsp3) is 0.438. The number of carbonyl (C=O) groups is 2. The van der Waals surface area contributed by atoms with E-state index in [4.69, 9.17) is 23.7 Å². The van der Waals surface area contributed by atoms with Crippen LogP contribution in [0.2, 0.25) is 0 Å². The fourth-order valence-electron chi connectivity index (χ4n) is 4.69. The number of phenolic OH excluding ortho intramolecular Hbond substituents is 1. The smallest absolute Gasteiger partial charge is 0.342 e. The highest BCUT2D eigenvalue weighted by Gasteiger charge is 2.45. The Morgan fingerprint density at radius 3 is 2.58 bits per heavy atom. The quantitative estimate of drug-likeness (QED) is 0.353. The van der Waals surface area contributed by atoms with Crippen molar-refractivity contribution in [1.82, 2.24) is 0 Å². The molecule has 40 heavy (non-hydrogen) atoms. The van der Waals surface area contributed by atoms with Crippen LogP contribution >= 0.6 is 0 Å². The number of carbonyl (C=O) groups excluding carboxylic acids is 2. The van der Waals surface area contributed by atoms with E-state index in [2.05, 4.69) is 0 Å². The predicted molar refractivity (Wildman–Crippen MR) is 150 cm³/mol. The molecular weight excluding hydrogens is 512 g/mol. The Balaban J connectivity index is 1.71. The second-order valence-electron chi connectivity index (χ2n) is 10.6. The molecule has 2 unspecified atom stereocenters. The largest absolute Gasteiger partial charge is 0.507 e. The van der Waals surface area contributed by atoms with Crippen LogP contribution in [0.1, 0.15) is 73.7 Å². The summed E-state index contributed by atoms with van der Waals surface area (Å²) in [6, 6.07) is 11.9. The molecule has 5 atom stereocenters. The van der Waals surface area contributed by atoms with Gasteiger partial charge in [-0.05, 0) is 63.5 Å². The van der Waals surface area contributed by atoms with Crippen LogP contribution in [0.4, 0.5) is 0 Å². The summed E-state index contributed by atoms with van der Waals surface area (Å²) < 4.78 is 29.9. The first-order valence-electron chi connectivity index (χ1n) is 13.7. The number of cyclic esters (lactones) is 1. The first-order valence-corrected chi connectivity index (χ1v) is 13.7. The van der Waals surface area contributed by atoms with Crippen molar-refractivity contribution >= 4 is 18.0 Å². The summed E-state index contributed by atoms with van der Waals surface area (Å²) in [7, 11) is 0. The van der Waals surface area contributed by atoms with Gasteiger partial charge in [-0.15, -0.1) is 0 Å². The monoisotopic (exact) mass is 550 g/mol. The first-order chi connectivity index (χ1) is 19.1. The van der Waals surface area contributed by atoms with E-state index in [0.29, 0.717) is 29.9 Å². The van der Waals surface area contributed by atoms with Crippen LogP contribution in [0.25, 0.3) is 6.08 Å². The van der Waals surface area contributed by atoms with Crippen molar-refractivity contribution in [1.29, 1.82) is 0 Å². The maximum Gasteiger partial charge on any atom is 0.342 e. The summed E-state index contributed by atoms with van der Waals surface area (Å²) in [5.41, 5.74) is 0.957. The molecule has 1 fully saturated rings. The molecule has 0 bridgehead atoms. The second kappa shape index (κ2) is 12.7. The molecule has 2 heterocycles. The lowest BCUT2D eigenvalue weighted by Crippen LogP contribution is -2.37. The highest BCUT2D eigenvalue weighted by atomic mass is 16.8. The molecule has 8 heteroatoms. The third kappa shape index (κ3) is 7.11. The van der Waals surface area contributed by atoms with Gasteiger partial charge in [0.1, 0.15) is 35.4 Å². The molecule has 0 aliphatic carbocycles. The second-order valence-corrected chi connectivity index (χ2v) is 10.6. The van der Waals surface area contributed by atoms with Gasteiger partial charge >= 0.3 is 11.9 Å². The lowest BCUT2D eigenvalue weighted by Gasteiger charge is -2.25. The summed E-state index contributed by atoms with van der Waals surface area (Å²) in [5.74, 6) is -2.03. The molecule has 0 saturated carbocycles. The number of aromatic hydroxyl groups is 1. The van der Waals surface area contributed by atoms with E-state index in [9.17, 15) is 14.7 Å². The molecule has 2 aromatic carbocycles. The summed E-state index contributed by atoms with van der Waals surface area (Å²) in [5, 5.41) is 10.8. The third-order valence-electron chi connectivity index (χ3n) is 6.90. The maximum absolute atomic E-state index is 13.2. The average molecular weight is 551 g/mol. The van der Waals surface area contributed by atoms with Gasteiger partial charge in [-0.3, -0.25) is 0 Å². The van der Waals surface area contributed by atoms with Gasteiger partial charge in [0.15, 0.2) is 5.79 Å². The Morgan fingerprint density at radius 1 is 1.10 bits per heavy atom. The van der Waals surface area contributed by atoms with Gasteiger partial charge in [0, 0.05) is 12.0 Å². The average Bonchev–Trinajstić information content (AvgIpc) is 3.23. The van der Waals surface area contributed by atoms with E-state index in [1.165, 1.54) is 6.07 Å². The van der Waals surface area contributed by atoms with Crippen molar-refractivity contribution < 1.29 is 38.4 Å². The normalized spacial score (nSPS) is 26.2. The number of esters is 2. The van der Waals surface area contributed by atoms with E-state index in [-0.39, 0.29) is 17.2 Å². The number of fused-ring (bicyclic) bond motifs is 2. The van der Waals surface area contributed by atoms with Gasteiger partial charge in [-0.25, -0.2) is 9.59 Å². The molecule has 4 rings (SSSR count). The SMILES string of the molecule is CCCOc1cc(O)c2c(c1)C=CC[C@@H]1OC(C)(C)OC1C(OC(=O)c1ccccc1)C=C[C@@H](C)[C@H](C)OC2=O. The van der Waals surface area contributed by atoms with Crippen molar-refractivity contribution in [2.24, 2.45) is 5.92 Å². The number of rotatable bonds is 5. The predicted octanol–water partition coefficient (Wildman–Crippen LogP) is 6.08. The number of phenols is 1. The maximum atomic E-state index is 13.2. The lowest BCUT2D eigenvalue weighted by atomic mass is 9.98. The first kappa shape index (κ1) is 29.4. The fourth-order valence-corrected chi connectivity index (χ4v) is 4.69. The Morgan fingerprint density at radius 2 is 1.85 bits per heavy atom. The number of hydrogen-bond donors (Lipinski definition) is 1. The van der Waals surface area contributed by atoms with E-state index in [0.717, 1.165) is 6.42 Å². The van der Waals surface area contributed by atoms with Crippen LogP contribution in [0, 0.1) is 5.92 Å². The summed E-state index contributed by atoms with van der Waals surface area (Å²) in [4.78, 5) is 26.2. The van der Waals surface area contributed by atoms with Crippen LogP contribution in [-0.4, -0.2) is 53.9 Å². The molecule has 214 valence electrons. The Bertz CT molecular complexity index is 1250. The molecule has 0 radical (unpaired) electrons. The highest BCUT2D eigenvalue weighted by molar-refractivity contribution is 5.97. The van der Waals surface area contributed by atoms with E-state index in [1.807, 2.05) is 45.9 Å². The number of hydrogen-bond acceptors (Lipinski definition) is 8. The zero-order valence-corrected chi connectivity index (χ0v) is 23.7. The lowest BCUT2D eigenvalue weighted by molar-refractivity contribution is -0.152. The van der Waals surface area contributed by atoms with Crippen molar-refractivity contribution in [2.45, 2.75) is 77.7 Å². The van der Waals surface area contributed by atoms with E-state index in [1.54, 1.807) is 49.4 Å². The summed E-state index contributed by atoms with van der Waals surface area (Å²) in [6.07, 6.45) is 6.04. The zero-order chi connectivity index (χ0) is 28.9. The zero-order valence-electron chi connectivity index (χ0n) is 23.7. The van der Waals surface area contributed by atoms with E-state index >= 15 is 0 Å². The topological polar surface area (TPSA) is 101 Å². The molecule has 2 aliphatic rings. The van der Waals surface area contributed by atoms with Gasteiger partial charge in [-0.2, -0.15) is 0 Å². The molecule has 8 nitrogen and oxygen atoms in total. The van der Waals surface area contributed by atoms with Crippen LogP contribution in [0.5, 0.6) is 11.5 Å². The van der Waals surface area contributed by atoms with Crippen LogP contribution in [-0.2, 0) is 18.9 Å². The summed E-state index contributed by atoms with van der Waals surface area (Å²) >= 11 is 0. The molecule has 2 aliphatic heterocycles. The minimum atomic E-state index is -0.905. The van der Waals surface area contributed by atoms with Crippen molar-refractivity contribution in [2.75, 3.05) is 6.61 Å². The minimum absolute atomic E-state index is 0.0651. The highest BCUT2D eigenvalue weighted by Crippen LogP contribution is 2.35. The summed E-state index contributed by atoms with van der Waals surface area (Å²) in [6.45, 7) is 9.77. The Kier molecular flexibility index (Phi) is 9.32. The van der Waals surface area contributed by atoms with Crippen LogP contribution < -0.4 is 4.74 Å². The van der Waals surface area contributed by atoms with Crippen LogP contribution in [0.15, 0.2) is 60.7 Å². The Hall–Kier alpha value is -3.62.